The van der Waals surface area contributed by atoms with Crippen LogP contribution in [0.25, 0.3) is 0 Å². The molecule has 2 aromatic carbocycles. The normalized spacial score (nSPS) is 10.2. The van der Waals surface area contributed by atoms with Crippen molar-refractivity contribution in [3.05, 3.63) is 67.9 Å². The van der Waals surface area contributed by atoms with Crippen molar-refractivity contribution in [1.82, 2.24) is 0 Å². The summed E-state index contributed by atoms with van der Waals surface area (Å²) in [5.41, 5.74) is 0.735. The van der Waals surface area contributed by atoms with Crippen LogP contribution < -0.4 is 5.32 Å². The molecule has 0 fully saturated rings. The minimum atomic E-state index is -0.658. The molecule has 0 aliphatic carbocycles. The number of nitro groups is 1. The van der Waals surface area contributed by atoms with Crippen molar-refractivity contribution >= 4 is 33.2 Å². The van der Waals surface area contributed by atoms with Gasteiger partial charge in [0.05, 0.1) is 15.0 Å². The van der Waals surface area contributed by atoms with Gasteiger partial charge in [-0.15, -0.1) is 0 Å². The molecule has 7 heteroatoms. The molecule has 0 saturated carbocycles. The van der Waals surface area contributed by atoms with Crippen LogP contribution in [-0.4, -0.2) is 10.8 Å². The SMILES string of the molecule is Cc1cc([N+](=O)[O-])ccc1NC(=O)c1cccc(Br)c1F. The molecular weight excluding hydrogens is 343 g/mol. The molecule has 108 valence electrons. The van der Waals surface area contributed by atoms with Crippen molar-refractivity contribution in [2.45, 2.75) is 6.92 Å². The first-order chi connectivity index (χ1) is 9.90. The minimum Gasteiger partial charge on any atom is -0.322 e. The van der Waals surface area contributed by atoms with E-state index < -0.39 is 16.6 Å². The Morgan fingerprint density at radius 1 is 1.33 bits per heavy atom. The van der Waals surface area contributed by atoms with Gasteiger partial charge in [-0.1, -0.05) is 6.07 Å². The number of aryl methyl sites for hydroxylation is 1. The second-order valence-electron chi connectivity index (χ2n) is 4.31. The highest BCUT2D eigenvalue weighted by atomic mass is 79.9. The predicted molar refractivity (Wildman–Crippen MR) is 79.9 cm³/mol. The molecule has 2 rings (SSSR count). The number of nitrogens with one attached hydrogen (secondary N) is 1. The lowest BCUT2D eigenvalue weighted by Crippen LogP contribution is -2.14. The Balaban J connectivity index is 2.28. The minimum absolute atomic E-state index is 0.0702. The Morgan fingerprint density at radius 3 is 2.67 bits per heavy atom. The van der Waals surface area contributed by atoms with Crippen LogP contribution in [0.1, 0.15) is 15.9 Å². The highest BCUT2D eigenvalue weighted by Gasteiger charge is 2.16. The molecule has 0 heterocycles. The Morgan fingerprint density at radius 2 is 2.05 bits per heavy atom. The first kappa shape index (κ1) is 15.1. The van der Waals surface area contributed by atoms with Crippen LogP contribution in [0.2, 0.25) is 0 Å². The van der Waals surface area contributed by atoms with Gasteiger partial charge in [0.2, 0.25) is 0 Å². The Labute approximate surface area is 128 Å². The molecule has 0 unspecified atom stereocenters. The number of nitro benzene ring substituents is 1. The molecule has 1 amide bonds. The molecule has 5 nitrogen and oxygen atoms in total. The number of carbonyl (C=O) groups is 1. The van der Waals surface area contributed by atoms with Crippen molar-refractivity contribution in [2.24, 2.45) is 0 Å². The largest absolute Gasteiger partial charge is 0.322 e. The van der Waals surface area contributed by atoms with Crippen molar-refractivity contribution in [2.75, 3.05) is 5.32 Å². The average Bonchev–Trinajstić information content (AvgIpc) is 2.43. The van der Waals surface area contributed by atoms with E-state index in [1.54, 1.807) is 13.0 Å². The molecule has 0 aliphatic rings. The maximum atomic E-state index is 13.8. The summed E-state index contributed by atoms with van der Waals surface area (Å²) < 4.78 is 14.0. The van der Waals surface area contributed by atoms with Crippen molar-refractivity contribution < 1.29 is 14.1 Å². The summed E-state index contributed by atoms with van der Waals surface area (Å²) in [5.74, 6) is -1.28. The number of hydrogen-bond donors (Lipinski definition) is 1. The summed E-state index contributed by atoms with van der Waals surface area (Å²) in [6, 6.07) is 8.43. The second kappa shape index (κ2) is 6.01. The first-order valence-electron chi connectivity index (χ1n) is 5.90. The third-order valence-corrected chi connectivity index (χ3v) is 3.48. The van der Waals surface area contributed by atoms with Gasteiger partial charge in [0, 0.05) is 17.8 Å². The van der Waals surface area contributed by atoms with Gasteiger partial charge in [0.15, 0.2) is 0 Å². The molecule has 0 spiro atoms. The zero-order valence-electron chi connectivity index (χ0n) is 10.9. The van der Waals surface area contributed by atoms with Gasteiger partial charge in [-0.2, -0.15) is 0 Å². The standard InChI is InChI=1S/C14H10BrFN2O3/c1-8-7-9(18(20)21)5-6-12(8)17-14(19)10-3-2-4-11(15)13(10)16/h2-7H,1H3,(H,17,19). The van der Waals surface area contributed by atoms with E-state index in [0.717, 1.165) is 0 Å². The van der Waals surface area contributed by atoms with E-state index in [4.69, 9.17) is 0 Å². The number of nitrogens with zero attached hydrogens (tertiary/aromatic N) is 1. The zero-order valence-corrected chi connectivity index (χ0v) is 12.5. The summed E-state index contributed by atoms with van der Waals surface area (Å²) >= 11 is 3.01. The van der Waals surface area contributed by atoms with E-state index >= 15 is 0 Å². The predicted octanol–water partition coefficient (Wildman–Crippen LogP) is 4.06. The van der Waals surface area contributed by atoms with Gasteiger partial charge in [-0.05, 0) is 46.6 Å². The Hall–Kier alpha value is -2.28. The number of anilines is 1. The van der Waals surface area contributed by atoms with Crippen LogP contribution in [0.4, 0.5) is 15.8 Å². The van der Waals surface area contributed by atoms with E-state index in [-0.39, 0.29) is 15.7 Å². The Bertz CT molecular complexity index is 734. The van der Waals surface area contributed by atoms with E-state index in [1.807, 2.05) is 0 Å². The van der Waals surface area contributed by atoms with Gasteiger partial charge < -0.3 is 5.32 Å². The lowest BCUT2D eigenvalue weighted by Gasteiger charge is -2.09. The fourth-order valence-corrected chi connectivity index (χ4v) is 2.14. The van der Waals surface area contributed by atoms with Crippen LogP contribution in [0.15, 0.2) is 40.9 Å². The number of non-ortho nitro benzene ring substituents is 1. The van der Waals surface area contributed by atoms with Crippen LogP contribution >= 0.6 is 15.9 Å². The fourth-order valence-electron chi connectivity index (χ4n) is 1.77. The van der Waals surface area contributed by atoms with E-state index in [2.05, 4.69) is 21.2 Å². The number of benzene rings is 2. The summed E-state index contributed by atoms with van der Waals surface area (Å²) in [5, 5.41) is 13.2. The highest BCUT2D eigenvalue weighted by molar-refractivity contribution is 9.10. The molecule has 0 aromatic heterocycles. The molecule has 0 atom stereocenters. The van der Waals surface area contributed by atoms with Crippen molar-refractivity contribution in [3.63, 3.8) is 0 Å². The molecule has 0 bridgehead atoms. The van der Waals surface area contributed by atoms with E-state index in [1.165, 1.54) is 30.3 Å². The fraction of sp³-hybridized carbons (Fsp3) is 0.0714. The smallest absolute Gasteiger partial charge is 0.269 e. The van der Waals surface area contributed by atoms with Crippen LogP contribution in [0.5, 0.6) is 0 Å². The average molecular weight is 353 g/mol. The molecule has 2 aromatic rings. The van der Waals surface area contributed by atoms with Gasteiger partial charge in [-0.25, -0.2) is 4.39 Å². The molecule has 1 N–H and O–H groups in total. The first-order valence-corrected chi connectivity index (χ1v) is 6.70. The number of amides is 1. The van der Waals surface area contributed by atoms with Gasteiger partial charge in [-0.3, -0.25) is 14.9 Å². The van der Waals surface area contributed by atoms with Gasteiger partial charge in [0.1, 0.15) is 5.82 Å². The lowest BCUT2D eigenvalue weighted by molar-refractivity contribution is -0.384. The monoisotopic (exact) mass is 352 g/mol. The van der Waals surface area contributed by atoms with Gasteiger partial charge in [0.25, 0.3) is 11.6 Å². The molecule has 0 radical (unpaired) electrons. The van der Waals surface area contributed by atoms with E-state index in [9.17, 15) is 19.3 Å². The quantitative estimate of drug-likeness (QED) is 0.668. The Kier molecular flexibility index (Phi) is 4.32. The maximum Gasteiger partial charge on any atom is 0.269 e. The topological polar surface area (TPSA) is 72.2 Å². The number of rotatable bonds is 3. The molecular formula is C14H10BrFN2O3. The van der Waals surface area contributed by atoms with E-state index in [0.29, 0.717) is 11.3 Å². The van der Waals surface area contributed by atoms with Crippen LogP contribution in [0, 0.1) is 22.9 Å². The third-order valence-electron chi connectivity index (χ3n) is 2.87. The maximum absolute atomic E-state index is 13.8. The lowest BCUT2D eigenvalue weighted by atomic mass is 10.1. The third kappa shape index (κ3) is 3.25. The highest BCUT2D eigenvalue weighted by Crippen LogP contribution is 2.23. The zero-order chi connectivity index (χ0) is 15.6. The summed E-state index contributed by atoms with van der Waals surface area (Å²) in [6.07, 6.45) is 0. The number of carbonyl (C=O) groups excluding carboxylic acids is 1. The summed E-state index contributed by atoms with van der Waals surface area (Å²) in [4.78, 5) is 22.2. The summed E-state index contributed by atoms with van der Waals surface area (Å²) in [6.45, 7) is 1.62. The van der Waals surface area contributed by atoms with Crippen LogP contribution in [0.3, 0.4) is 0 Å². The van der Waals surface area contributed by atoms with Gasteiger partial charge >= 0.3 is 0 Å². The van der Waals surface area contributed by atoms with Crippen molar-refractivity contribution in [3.8, 4) is 0 Å². The summed E-state index contributed by atoms with van der Waals surface area (Å²) in [7, 11) is 0. The molecule has 0 aliphatic heterocycles. The number of halogens is 2. The van der Waals surface area contributed by atoms with Crippen LogP contribution in [-0.2, 0) is 0 Å². The van der Waals surface area contributed by atoms with Crippen molar-refractivity contribution in [1.29, 1.82) is 0 Å². The molecule has 0 saturated heterocycles. The number of hydrogen-bond acceptors (Lipinski definition) is 3. The molecule has 21 heavy (non-hydrogen) atoms. The second-order valence-corrected chi connectivity index (χ2v) is 5.17.